The lowest BCUT2D eigenvalue weighted by atomic mass is 10.0. The predicted molar refractivity (Wildman–Crippen MR) is 241 cm³/mol. The fourth-order valence-electron chi connectivity index (χ4n) is 7.39. The van der Waals surface area contributed by atoms with Crippen molar-refractivity contribution in [3.05, 3.63) is 24.3 Å². The fourth-order valence-corrected chi connectivity index (χ4v) is 7.39. The molecule has 0 aliphatic rings. The number of ether oxygens (including phenoxy) is 1. The molecule has 0 aliphatic heterocycles. The molecule has 0 aromatic carbocycles. The topological polar surface area (TPSA) is 95.9 Å². The maximum absolute atomic E-state index is 12.4. The molecule has 1 amide bonds. The van der Waals surface area contributed by atoms with Crippen LogP contribution in [-0.4, -0.2) is 47.4 Å². The normalized spacial score (nSPS) is 12.9. The highest BCUT2D eigenvalue weighted by Crippen LogP contribution is 2.15. The Labute approximate surface area is 348 Å². The number of hydrogen-bond acceptors (Lipinski definition) is 5. The van der Waals surface area contributed by atoms with Gasteiger partial charge in [-0.1, -0.05) is 212 Å². The monoisotopic (exact) mass is 790 g/mol. The van der Waals surface area contributed by atoms with Crippen LogP contribution >= 0.6 is 0 Å². The van der Waals surface area contributed by atoms with Crippen LogP contribution in [0.3, 0.4) is 0 Å². The van der Waals surface area contributed by atoms with E-state index in [1.807, 2.05) is 6.08 Å². The summed E-state index contributed by atoms with van der Waals surface area (Å²) in [5, 5.41) is 23.0. The Hall–Kier alpha value is -1.66. The molecule has 0 aliphatic carbocycles. The van der Waals surface area contributed by atoms with Gasteiger partial charge in [-0.05, 0) is 57.8 Å². The summed E-state index contributed by atoms with van der Waals surface area (Å²) in [6.07, 6.45) is 53.2. The summed E-state index contributed by atoms with van der Waals surface area (Å²) in [6, 6.07) is -0.652. The van der Waals surface area contributed by atoms with E-state index in [4.69, 9.17) is 4.74 Å². The number of esters is 1. The Morgan fingerprint density at radius 1 is 0.482 bits per heavy atom. The number of aliphatic hydroxyl groups excluding tert-OH is 2. The molecule has 0 saturated carbocycles. The molecule has 0 radical (unpaired) electrons. The zero-order chi connectivity index (χ0) is 40.8. The molecule has 2 unspecified atom stereocenters. The highest BCUT2D eigenvalue weighted by molar-refractivity contribution is 5.76. The van der Waals surface area contributed by atoms with Crippen molar-refractivity contribution < 1.29 is 24.5 Å². The van der Waals surface area contributed by atoms with Gasteiger partial charge in [0.2, 0.25) is 5.91 Å². The molecule has 0 aromatic rings. The van der Waals surface area contributed by atoms with Gasteiger partial charge in [-0.25, -0.2) is 0 Å². The van der Waals surface area contributed by atoms with Gasteiger partial charge in [0.15, 0.2) is 0 Å². The van der Waals surface area contributed by atoms with Crippen molar-refractivity contribution in [2.45, 2.75) is 270 Å². The molecule has 56 heavy (non-hydrogen) atoms. The standard InChI is InChI=1S/C50H95NO5/c1-3-5-7-9-11-13-15-16-17-18-19-20-21-23-26-30-34-38-42-48(53)47(46-52)51-49(54)43-39-35-31-27-24-25-29-33-37-41-45-56-50(55)44-40-36-32-28-22-14-12-10-8-6-4-2/h25,29,38,42,47-48,52-53H,3-24,26-28,30-37,39-41,43-46H2,1-2H3,(H,51,54)/b29-25-,42-38+. The van der Waals surface area contributed by atoms with Gasteiger partial charge in [0, 0.05) is 12.8 Å². The van der Waals surface area contributed by atoms with Crippen molar-refractivity contribution in [2.24, 2.45) is 0 Å². The van der Waals surface area contributed by atoms with Crippen molar-refractivity contribution >= 4 is 11.9 Å². The van der Waals surface area contributed by atoms with Crippen LogP contribution in [0.5, 0.6) is 0 Å². The first-order valence-electron chi connectivity index (χ1n) is 24.6. The average Bonchev–Trinajstić information content (AvgIpc) is 3.20. The maximum atomic E-state index is 12.4. The van der Waals surface area contributed by atoms with Gasteiger partial charge < -0.3 is 20.3 Å². The molecule has 2 atom stereocenters. The third-order valence-electron chi connectivity index (χ3n) is 11.2. The average molecular weight is 790 g/mol. The Morgan fingerprint density at radius 2 is 0.839 bits per heavy atom. The minimum absolute atomic E-state index is 0.0389. The maximum Gasteiger partial charge on any atom is 0.305 e. The van der Waals surface area contributed by atoms with Crippen LogP contribution in [0.2, 0.25) is 0 Å². The van der Waals surface area contributed by atoms with Crippen LogP contribution in [0.1, 0.15) is 258 Å². The van der Waals surface area contributed by atoms with Gasteiger partial charge in [-0.3, -0.25) is 9.59 Å². The lowest BCUT2D eigenvalue weighted by Crippen LogP contribution is -2.45. The summed E-state index contributed by atoms with van der Waals surface area (Å²) in [5.74, 6) is -0.142. The summed E-state index contributed by atoms with van der Waals surface area (Å²) in [6.45, 7) is 4.81. The minimum atomic E-state index is -0.865. The van der Waals surface area contributed by atoms with Crippen molar-refractivity contribution in [2.75, 3.05) is 13.2 Å². The molecule has 3 N–H and O–H groups in total. The molecule has 0 heterocycles. The number of amides is 1. The van der Waals surface area contributed by atoms with Crippen LogP contribution in [0.4, 0.5) is 0 Å². The van der Waals surface area contributed by atoms with Crippen molar-refractivity contribution in [3.8, 4) is 0 Å². The number of hydrogen-bond donors (Lipinski definition) is 3. The molecular formula is C50H95NO5. The predicted octanol–water partition coefficient (Wildman–Crippen LogP) is 14.3. The molecule has 0 spiro atoms. The quantitative estimate of drug-likeness (QED) is 0.0324. The Bertz CT molecular complexity index is 874. The highest BCUT2D eigenvalue weighted by Gasteiger charge is 2.18. The first-order valence-corrected chi connectivity index (χ1v) is 24.6. The molecule has 0 fully saturated rings. The number of allylic oxidation sites excluding steroid dienone is 3. The second-order valence-electron chi connectivity index (χ2n) is 16.8. The van der Waals surface area contributed by atoms with Gasteiger partial charge in [0.05, 0.1) is 25.4 Å². The molecule has 6 heteroatoms. The van der Waals surface area contributed by atoms with Gasteiger partial charge in [0.25, 0.3) is 0 Å². The smallest absolute Gasteiger partial charge is 0.305 e. The van der Waals surface area contributed by atoms with Gasteiger partial charge in [-0.15, -0.1) is 0 Å². The summed E-state index contributed by atoms with van der Waals surface area (Å²) in [5.41, 5.74) is 0. The number of unbranched alkanes of at least 4 members (excludes halogenated alkanes) is 32. The van der Waals surface area contributed by atoms with Gasteiger partial charge >= 0.3 is 5.97 Å². The third-order valence-corrected chi connectivity index (χ3v) is 11.2. The van der Waals surface area contributed by atoms with E-state index in [1.165, 1.54) is 154 Å². The Kier molecular flexibility index (Phi) is 44.7. The van der Waals surface area contributed by atoms with Crippen LogP contribution in [0, 0.1) is 0 Å². The van der Waals surface area contributed by atoms with Crippen molar-refractivity contribution in [1.29, 1.82) is 0 Å². The molecular weight excluding hydrogens is 695 g/mol. The van der Waals surface area contributed by atoms with E-state index in [0.717, 1.165) is 77.0 Å². The van der Waals surface area contributed by atoms with Gasteiger partial charge in [0.1, 0.15) is 0 Å². The molecule has 0 bridgehead atoms. The lowest BCUT2D eigenvalue weighted by molar-refractivity contribution is -0.143. The van der Waals surface area contributed by atoms with E-state index in [0.29, 0.717) is 19.4 Å². The fraction of sp³-hybridized carbons (Fsp3) is 0.880. The number of carbonyl (C=O) groups is 2. The second-order valence-corrected chi connectivity index (χ2v) is 16.8. The van der Waals surface area contributed by atoms with Crippen molar-refractivity contribution in [1.82, 2.24) is 5.32 Å². The summed E-state index contributed by atoms with van der Waals surface area (Å²) in [7, 11) is 0. The van der Waals surface area contributed by atoms with E-state index < -0.39 is 12.1 Å². The molecule has 0 rings (SSSR count). The number of rotatable bonds is 45. The molecule has 0 saturated heterocycles. The van der Waals surface area contributed by atoms with E-state index in [9.17, 15) is 19.8 Å². The molecule has 0 aromatic heterocycles. The number of carbonyl (C=O) groups excluding carboxylic acids is 2. The first-order chi connectivity index (χ1) is 27.5. The van der Waals surface area contributed by atoms with Crippen LogP contribution < -0.4 is 5.32 Å². The zero-order valence-electron chi connectivity index (χ0n) is 37.4. The third kappa shape index (κ3) is 42.0. The Balaban J connectivity index is 3.58. The van der Waals surface area contributed by atoms with Crippen molar-refractivity contribution in [3.63, 3.8) is 0 Å². The van der Waals surface area contributed by atoms with Crippen LogP contribution in [-0.2, 0) is 14.3 Å². The lowest BCUT2D eigenvalue weighted by Gasteiger charge is -2.20. The van der Waals surface area contributed by atoms with Crippen LogP contribution in [0.15, 0.2) is 24.3 Å². The molecule has 330 valence electrons. The van der Waals surface area contributed by atoms with Crippen LogP contribution in [0.25, 0.3) is 0 Å². The van der Waals surface area contributed by atoms with E-state index in [-0.39, 0.29) is 18.5 Å². The largest absolute Gasteiger partial charge is 0.466 e. The summed E-state index contributed by atoms with van der Waals surface area (Å²) >= 11 is 0. The SMILES string of the molecule is CCCCCCCCCCCCCCCCCC/C=C/C(O)C(CO)NC(=O)CCCCCC/C=C\CCCCOC(=O)CCCCCCCCCCCCC. The minimum Gasteiger partial charge on any atom is -0.466 e. The first kappa shape index (κ1) is 54.3. The zero-order valence-corrected chi connectivity index (χ0v) is 37.4. The van der Waals surface area contributed by atoms with E-state index in [2.05, 4.69) is 31.3 Å². The summed E-state index contributed by atoms with van der Waals surface area (Å²) < 4.78 is 5.41. The van der Waals surface area contributed by atoms with Gasteiger partial charge in [-0.2, -0.15) is 0 Å². The highest BCUT2D eigenvalue weighted by atomic mass is 16.5. The second kappa shape index (κ2) is 46.0. The number of nitrogens with one attached hydrogen (secondary N) is 1. The molecule has 6 nitrogen and oxygen atoms in total. The Morgan fingerprint density at radius 3 is 1.27 bits per heavy atom. The number of aliphatic hydroxyl groups is 2. The summed E-state index contributed by atoms with van der Waals surface area (Å²) in [4.78, 5) is 24.4. The van der Waals surface area contributed by atoms with E-state index >= 15 is 0 Å². The van der Waals surface area contributed by atoms with E-state index in [1.54, 1.807) is 6.08 Å².